The fraction of sp³-hybridized carbons (Fsp3) is 0.967. The third-order valence-corrected chi connectivity index (χ3v) is 9.34. The quantitative estimate of drug-likeness (QED) is 0.0449. The van der Waals surface area contributed by atoms with E-state index < -0.39 is 31.7 Å². The molecule has 0 amide bonds. The predicted octanol–water partition coefficient (Wildman–Crippen LogP) is 9.54. The number of esters is 1. The van der Waals surface area contributed by atoms with Gasteiger partial charge in [0, 0.05) is 5.25 Å². The van der Waals surface area contributed by atoms with Crippen LogP contribution in [0.4, 0.5) is 0 Å². The van der Waals surface area contributed by atoms with Gasteiger partial charge in [-0.25, -0.2) is 4.79 Å². The summed E-state index contributed by atoms with van der Waals surface area (Å²) >= 11 is 1.84. The number of unbranched alkanes of at least 4 members (excludes halogenated alkanes) is 13. The van der Waals surface area contributed by atoms with Crippen molar-refractivity contribution in [1.82, 2.24) is 0 Å². The van der Waals surface area contributed by atoms with E-state index in [0.717, 1.165) is 31.4 Å². The lowest BCUT2D eigenvalue weighted by Gasteiger charge is -2.27. The summed E-state index contributed by atoms with van der Waals surface area (Å²) in [5.74, 6) is -0.0315. The van der Waals surface area contributed by atoms with E-state index in [2.05, 4.69) is 13.8 Å². The van der Waals surface area contributed by atoms with E-state index in [1.165, 1.54) is 77.0 Å². The first-order valence-corrected chi connectivity index (χ1v) is 17.8. The summed E-state index contributed by atoms with van der Waals surface area (Å²) in [6.45, 7) is 11.7. The Hall–Kier alpha value is -0.200. The molecule has 0 fully saturated rings. The zero-order chi connectivity index (χ0) is 28.7. The molecule has 8 heteroatoms. The fourth-order valence-electron chi connectivity index (χ4n) is 4.28. The van der Waals surface area contributed by atoms with Crippen LogP contribution in [0.3, 0.4) is 0 Å². The van der Waals surface area contributed by atoms with E-state index in [4.69, 9.17) is 14.0 Å². The Morgan fingerprint density at radius 2 is 1.29 bits per heavy atom. The van der Waals surface area contributed by atoms with Crippen LogP contribution in [-0.4, -0.2) is 46.4 Å². The van der Waals surface area contributed by atoms with Gasteiger partial charge >= 0.3 is 19.5 Å². The molecule has 0 heterocycles. The molecule has 38 heavy (non-hydrogen) atoms. The molecule has 0 aliphatic rings. The largest absolute Gasteiger partial charge is 0.589 e. The Morgan fingerprint density at radius 3 is 1.79 bits per heavy atom. The fourth-order valence-corrected chi connectivity index (χ4v) is 6.59. The van der Waals surface area contributed by atoms with Crippen LogP contribution in [0.1, 0.15) is 151 Å². The van der Waals surface area contributed by atoms with Gasteiger partial charge in [-0.1, -0.05) is 111 Å². The molecule has 0 aromatic rings. The molecule has 0 radical (unpaired) electrons. The molecule has 226 valence electrons. The molecule has 4 atom stereocenters. The number of aliphatic hydroxyl groups is 1. The average molecular weight is 580 g/mol. The summed E-state index contributed by atoms with van der Waals surface area (Å²) in [6, 6.07) is 0. The molecular formula is C30H60O6PS+. The first-order valence-electron chi connectivity index (χ1n) is 15.6. The standard InChI is InChI=1S/C30H60O6PS/c1-7-10-12-14-16-17-18-20-22-25-38-28(23-21-19-15-13-11-8-2)27(6)36-30(32,29(31)35-26(4)5)37(33)34-24-9-3/h26-28,32H,7-25H2,1-6H3/q+1. The molecule has 0 aromatic carbocycles. The van der Waals surface area contributed by atoms with Gasteiger partial charge in [-0.15, -0.1) is 4.52 Å². The SMILES string of the molecule is CCCCCCCCCCCSC(CCCCCCCC)C(C)OC(O)(C(=O)OC(C)C)[P+](=O)OCCC. The van der Waals surface area contributed by atoms with Crippen LogP contribution in [-0.2, 0) is 23.4 Å². The second-order valence-electron chi connectivity index (χ2n) is 10.8. The Labute approximate surface area is 240 Å². The molecule has 6 nitrogen and oxygen atoms in total. The second kappa shape index (κ2) is 24.6. The van der Waals surface area contributed by atoms with Crippen molar-refractivity contribution in [2.24, 2.45) is 0 Å². The van der Waals surface area contributed by atoms with Crippen LogP contribution in [0, 0.1) is 0 Å². The van der Waals surface area contributed by atoms with Gasteiger partial charge in [0.1, 0.15) is 6.61 Å². The van der Waals surface area contributed by atoms with Gasteiger partial charge in [0.2, 0.25) is 0 Å². The molecule has 0 aliphatic heterocycles. The van der Waals surface area contributed by atoms with Gasteiger partial charge in [-0.05, 0) is 50.4 Å². The second-order valence-corrected chi connectivity index (χ2v) is 13.5. The van der Waals surface area contributed by atoms with Crippen molar-refractivity contribution in [2.45, 2.75) is 174 Å². The van der Waals surface area contributed by atoms with Crippen molar-refractivity contribution in [3.63, 3.8) is 0 Å². The highest BCUT2D eigenvalue weighted by molar-refractivity contribution is 7.99. The molecular weight excluding hydrogens is 519 g/mol. The Bertz CT molecular complexity index is 591. The Kier molecular flexibility index (Phi) is 24.5. The van der Waals surface area contributed by atoms with Crippen LogP contribution in [0.2, 0.25) is 0 Å². The molecule has 0 spiro atoms. The summed E-state index contributed by atoms with van der Waals surface area (Å²) in [6.07, 6.45) is 19.4. The maximum Gasteiger partial charge on any atom is 0.589 e. The van der Waals surface area contributed by atoms with Crippen LogP contribution in [0.15, 0.2) is 0 Å². The van der Waals surface area contributed by atoms with Gasteiger partial charge in [-0.2, -0.15) is 11.8 Å². The maximum atomic E-state index is 12.9. The molecule has 0 rings (SSSR count). The summed E-state index contributed by atoms with van der Waals surface area (Å²) in [4.78, 5) is 12.8. The molecule has 0 aliphatic carbocycles. The monoisotopic (exact) mass is 579 g/mol. The lowest BCUT2D eigenvalue weighted by molar-refractivity contribution is -0.212. The summed E-state index contributed by atoms with van der Waals surface area (Å²) in [5.41, 5.74) is -2.61. The zero-order valence-corrected chi connectivity index (χ0v) is 27.2. The lowest BCUT2D eigenvalue weighted by Crippen LogP contribution is -2.45. The van der Waals surface area contributed by atoms with Crippen LogP contribution >= 0.6 is 19.8 Å². The minimum Gasteiger partial charge on any atom is -0.455 e. The first-order chi connectivity index (χ1) is 18.2. The highest BCUT2D eigenvalue weighted by atomic mass is 32.2. The predicted molar refractivity (Wildman–Crippen MR) is 162 cm³/mol. The topological polar surface area (TPSA) is 82.1 Å². The highest BCUT2D eigenvalue weighted by Crippen LogP contribution is 2.43. The van der Waals surface area contributed by atoms with Crippen molar-refractivity contribution in [3.8, 4) is 0 Å². The van der Waals surface area contributed by atoms with Gasteiger partial charge < -0.3 is 9.84 Å². The van der Waals surface area contributed by atoms with Crippen LogP contribution < -0.4 is 0 Å². The number of hydrogen-bond acceptors (Lipinski definition) is 7. The van der Waals surface area contributed by atoms with Gasteiger partial charge in [-0.3, -0.25) is 4.74 Å². The number of hydrogen-bond donors (Lipinski definition) is 1. The van der Waals surface area contributed by atoms with Gasteiger partial charge in [0.15, 0.2) is 0 Å². The molecule has 0 bridgehead atoms. The zero-order valence-electron chi connectivity index (χ0n) is 25.5. The average Bonchev–Trinajstić information content (AvgIpc) is 2.88. The number of ether oxygens (including phenoxy) is 2. The number of carbonyl (C=O) groups excluding carboxylic acids is 1. The van der Waals surface area contributed by atoms with E-state index in [9.17, 15) is 14.5 Å². The third kappa shape index (κ3) is 18.2. The van der Waals surface area contributed by atoms with E-state index in [1.807, 2.05) is 25.6 Å². The van der Waals surface area contributed by atoms with Crippen molar-refractivity contribution in [1.29, 1.82) is 0 Å². The molecule has 1 N–H and O–H groups in total. The maximum absolute atomic E-state index is 12.9. The van der Waals surface area contributed by atoms with E-state index in [0.29, 0.717) is 6.42 Å². The third-order valence-electron chi connectivity index (χ3n) is 6.56. The minimum absolute atomic E-state index is 0.0863. The molecule has 0 saturated heterocycles. The normalized spacial score (nSPS) is 15.3. The Balaban J connectivity index is 5.03. The van der Waals surface area contributed by atoms with Crippen molar-refractivity contribution >= 4 is 25.8 Å². The van der Waals surface area contributed by atoms with E-state index in [-0.39, 0.29) is 11.9 Å². The Morgan fingerprint density at radius 1 is 0.789 bits per heavy atom. The molecule has 4 unspecified atom stereocenters. The summed E-state index contributed by atoms with van der Waals surface area (Å²) in [5, 5.41) is 11.2. The lowest BCUT2D eigenvalue weighted by atomic mass is 10.1. The van der Waals surface area contributed by atoms with Crippen LogP contribution in [0.5, 0.6) is 0 Å². The molecule has 0 saturated carbocycles. The number of carbonyl (C=O) groups is 1. The van der Waals surface area contributed by atoms with Crippen molar-refractivity contribution in [3.05, 3.63) is 0 Å². The van der Waals surface area contributed by atoms with Crippen molar-refractivity contribution in [2.75, 3.05) is 12.4 Å². The molecule has 0 aromatic heterocycles. The van der Waals surface area contributed by atoms with Crippen LogP contribution in [0.25, 0.3) is 0 Å². The number of thioether (sulfide) groups is 1. The van der Waals surface area contributed by atoms with Crippen molar-refractivity contribution < 1.29 is 28.5 Å². The summed E-state index contributed by atoms with van der Waals surface area (Å²) in [7, 11) is -2.81. The highest BCUT2D eigenvalue weighted by Gasteiger charge is 2.63. The van der Waals surface area contributed by atoms with E-state index in [1.54, 1.807) is 13.8 Å². The first kappa shape index (κ1) is 37.8. The summed E-state index contributed by atoms with van der Waals surface area (Å²) < 4.78 is 29.2. The van der Waals surface area contributed by atoms with Gasteiger partial charge in [0.05, 0.1) is 12.2 Å². The smallest absolute Gasteiger partial charge is 0.455 e. The van der Waals surface area contributed by atoms with E-state index >= 15 is 0 Å². The number of rotatable bonds is 27. The van der Waals surface area contributed by atoms with Gasteiger partial charge in [0.25, 0.3) is 0 Å². The minimum atomic E-state index is -2.81.